The summed E-state index contributed by atoms with van der Waals surface area (Å²) in [6.07, 6.45) is 12.8. The maximum Gasteiger partial charge on any atom is 0.123 e. The van der Waals surface area contributed by atoms with Gasteiger partial charge in [0, 0.05) is 17.0 Å². The molecule has 0 unspecified atom stereocenters. The van der Waals surface area contributed by atoms with Crippen molar-refractivity contribution in [3.63, 3.8) is 0 Å². The lowest BCUT2D eigenvalue weighted by Crippen LogP contribution is -2.38. The molecule has 2 N–H and O–H groups in total. The summed E-state index contributed by atoms with van der Waals surface area (Å²) in [6.45, 7) is 3.36. The molecule has 2 aliphatic carbocycles. The SMILES string of the molecule is Cc1c(O[C@H]2CC[C@H](NCC3CCCC3)CC2)ccc2[nH]ncc12. The molecule has 2 aliphatic rings. The van der Waals surface area contributed by atoms with Crippen LogP contribution < -0.4 is 10.1 Å². The Morgan fingerprint density at radius 2 is 1.92 bits per heavy atom. The highest BCUT2D eigenvalue weighted by atomic mass is 16.5. The monoisotopic (exact) mass is 327 g/mol. The zero-order chi connectivity index (χ0) is 16.4. The van der Waals surface area contributed by atoms with E-state index in [9.17, 15) is 0 Å². The summed E-state index contributed by atoms with van der Waals surface area (Å²) >= 11 is 0. The van der Waals surface area contributed by atoms with Crippen LogP contribution in [0, 0.1) is 12.8 Å². The van der Waals surface area contributed by atoms with Gasteiger partial charge < -0.3 is 10.1 Å². The summed E-state index contributed by atoms with van der Waals surface area (Å²) in [7, 11) is 0. The molecule has 0 saturated heterocycles. The van der Waals surface area contributed by atoms with Crippen molar-refractivity contribution in [2.24, 2.45) is 5.92 Å². The Hall–Kier alpha value is -1.55. The van der Waals surface area contributed by atoms with Gasteiger partial charge in [-0.25, -0.2) is 0 Å². The fourth-order valence-corrected chi connectivity index (χ4v) is 4.38. The summed E-state index contributed by atoms with van der Waals surface area (Å²) in [5.74, 6) is 1.95. The van der Waals surface area contributed by atoms with E-state index >= 15 is 0 Å². The summed E-state index contributed by atoms with van der Waals surface area (Å²) in [4.78, 5) is 0. The van der Waals surface area contributed by atoms with E-state index in [2.05, 4.69) is 34.6 Å². The van der Waals surface area contributed by atoms with Crippen LogP contribution in [0.4, 0.5) is 0 Å². The number of aryl methyl sites for hydroxylation is 1. The molecular weight excluding hydrogens is 298 g/mol. The second kappa shape index (κ2) is 7.14. The molecule has 2 aromatic rings. The van der Waals surface area contributed by atoms with E-state index in [1.165, 1.54) is 56.0 Å². The molecule has 1 heterocycles. The summed E-state index contributed by atoms with van der Waals surface area (Å²) in [6, 6.07) is 4.85. The second-order valence-corrected chi connectivity index (χ2v) is 7.67. The first-order valence-corrected chi connectivity index (χ1v) is 9.62. The van der Waals surface area contributed by atoms with Crippen molar-refractivity contribution in [3.05, 3.63) is 23.9 Å². The number of ether oxygens (including phenoxy) is 1. The molecule has 4 rings (SSSR count). The predicted octanol–water partition coefficient (Wildman–Crippen LogP) is 4.34. The van der Waals surface area contributed by atoms with Gasteiger partial charge in [-0.2, -0.15) is 5.10 Å². The molecule has 4 nitrogen and oxygen atoms in total. The van der Waals surface area contributed by atoms with E-state index in [1.54, 1.807) is 0 Å². The van der Waals surface area contributed by atoms with Crippen molar-refractivity contribution in [2.75, 3.05) is 6.54 Å². The number of H-pyrrole nitrogens is 1. The first-order chi connectivity index (χ1) is 11.8. The number of hydrogen-bond donors (Lipinski definition) is 2. The smallest absolute Gasteiger partial charge is 0.123 e. The van der Waals surface area contributed by atoms with Crippen molar-refractivity contribution in [1.82, 2.24) is 15.5 Å². The summed E-state index contributed by atoms with van der Waals surface area (Å²) < 4.78 is 6.32. The molecule has 4 heteroatoms. The molecular formula is C20H29N3O. The van der Waals surface area contributed by atoms with Crippen molar-refractivity contribution in [2.45, 2.75) is 70.4 Å². The van der Waals surface area contributed by atoms with Crippen molar-refractivity contribution in [3.8, 4) is 5.75 Å². The maximum absolute atomic E-state index is 6.32. The van der Waals surface area contributed by atoms with Crippen molar-refractivity contribution in [1.29, 1.82) is 0 Å². The van der Waals surface area contributed by atoms with Gasteiger partial charge in [0.1, 0.15) is 5.75 Å². The molecule has 1 aromatic carbocycles. The van der Waals surface area contributed by atoms with Crippen LogP contribution in [0.2, 0.25) is 0 Å². The van der Waals surface area contributed by atoms with Crippen LogP contribution in [-0.2, 0) is 0 Å². The Kier molecular flexibility index (Phi) is 4.74. The van der Waals surface area contributed by atoms with Crippen LogP contribution in [0.15, 0.2) is 18.3 Å². The molecule has 0 atom stereocenters. The number of benzene rings is 1. The number of fused-ring (bicyclic) bond motifs is 1. The molecule has 0 spiro atoms. The Bertz CT molecular complexity index is 667. The highest BCUT2D eigenvalue weighted by molar-refractivity contribution is 5.83. The minimum Gasteiger partial charge on any atom is -0.490 e. The van der Waals surface area contributed by atoms with Gasteiger partial charge in [-0.05, 0) is 70.0 Å². The molecule has 1 aromatic heterocycles. The lowest BCUT2D eigenvalue weighted by molar-refractivity contribution is 0.138. The molecule has 0 bridgehead atoms. The lowest BCUT2D eigenvalue weighted by atomic mass is 9.92. The summed E-state index contributed by atoms with van der Waals surface area (Å²) in [5, 5.41) is 12.1. The minimum absolute atomic E-state index is 0.359. The fraction of sp³-hybridized carbons (Fsp3) is 0.650. The normalized spacial score (nSPS) is 25.4. The topological polar surface area (TPSA) is 49.9 Å². The average molecular weight is 327 g/mol. The predicted molar refractivity (Wildman–Crippen MR) is 97.5 cm³/mol. The summed E-state index contributed by atoms with van der Waals surface area (Å²) in [5.41, 5.74) is 2.28. The quantitative estimate of drug-likeness (QED) is 0.859. The van der Waals surface area contributed by atoms with Crippen LogP contribution in [-0.4, -0.2) is 28.9 Å². The third-order valence-electron chi connectivity index (χ3n) is 5.98. The zero-order valence-corrected chi connectivity index (χ0v) is 14.7. The van der Waals surface area contributed by atoms with Crippen molar-refractivity contribution < 1.29 is 4.74 Å². The molecule has 0 amide bonds. The zero-order valence-electron chi connectivity index (χ0n) is 14.7. The maximum atomic E-state index is 6.32. The highest BCUT2D eigenvalue weighted by Crippen LogP contribution is 2.30. The largest absolute Gasteiger partial charge is 0.490 e. The fourth-order valence-electron chi connectivity index (χ4n) is 4.38. The number of rotatable bonds is 5. The van der Waals surface area contributed by atoms with E-state index in [0.717, 1.165) is 30.0 Å². The van der Waals surface area contributed by atoms with Crippen LogP contribution in [0.25, 0.3) is 10.9 Å². The van der Waals surface area contributed by atoms with Gasteiger partial charge >= 0.3 is 0 Å². The average Bonchev–Trinajstić information content (AvgIpc) is 3.28. The van der Waals surface area contributed by atoms with Crippen LogP contribution in [0.3, 0.4) is 0 Å². The van der Waals surface area contributed by atoms with Crippen LogP contribution in [0.1, 0.15) is 56.9 Å². The van der Waals surface area contributed by atoms with Gasteiger partial charge in [-0.15, -0.1) is 0 Å². The van der Waals surface area contributed by atoms with Crippen molar-refractivity contribution >= 4 is 10.9 Å². The molecule has 2 saturated carbocycles. The molecule has 130 valence electrons. The minimum atomic E-state index is 0.359. The Balaban J connectivity index is 1.28. The Morgan fingerprint density at radius 3 is 2.71 bits per heavy atom. The van der Waals surface area contributed by atoms with Crippen LogP contribution in [0.5, 0.6) is 5.75 Å². The molecule has 0 aliphatic heterocycles. The lowest BCUT2D eigenvalue weighted by Gasteiger charge is -2.30. The van der Waals surface area contributed by atoms with E-state index in [-0.39, 0.29) is 0 Å². The van der Waals surface area contributed by atoms with Crippen LogP contribution >= 0.6 is 0 Å². The van der Waals surface area contributed by atoms with E-state index in [1.807, 2.05) is 6.20 Å². The van der Waals surface area contributed by atoms with E-state index in [0.29, 0.717) is 12.1 Å². The van der Waals surface area contributed by atoms with Gasteiger partial charge in [0.05, 0.1) is 17.8 Å². The second-order valence-electron chi connectivity index (χ2n) is 7.67. The van der Waals surface area contributed by atoms with Gasteiger partial charge in [-0.1, -0.05) is 12.8 Å². The van der Waals surface area contributed by atoms with Gasteiger partial charge in [0.15, 0.2) is 0 Å². The van der Waals surface area contributed by atoms with Gasteiger partial charge in [0.25, 0.3) is 0 Å². The highest BCUT2D eigenvalue weighted by Gasteiger charge is 2.24. The van der Waals surface area contributed by atoms with Gasteiger partial charge in [0.2, 0.25) is 0 Å². The first-order valence-electron chi connectivity index (χ1n) is 9.62. The van der Waals surface area contributed by atoms with E-state index in [4.69, 9.17) is 4.74 Å². The third kappa shape index (κ3) is 3.44. The third-order valence-corrected chi connectivity index (χ3v) is 5.98. The number of nitrogens with zero attached hydrogens (tertiary/aromatic N) is 1. The number of hydrogen-bond acceptors (Lipinski definition) is 3. The molecule has 0 radical (unpaired) electrons. The first kappa shape index (κ1) is 15.9. The number of nitrogens with one attached hydrogen (secondary N) is 2. The number of aromatic nitrogens is 2. The van der Waals surface area contributed by atoms with Gasteiger partial charge in [-0.3, -0.25) is 5.10 Å². The molecule has 24 heavy (non-hydrogen) atoms. The Morgan fingerprint density at radius 1 is 1.12 bits per heavy atom. The van der Waals surface area contributed by atoms with E-state index < -0.39 is 0 Å². The number of aromatic amines is 1. The standard InChI is InChI=1S/C20H29N3O/c1-14-18-13-22-23-19(18)10-11-20(14)24-17-8-6-16(7-9-17)21-12-15-4-2-3-5-15/h10-11,13,15-17,21H,2-9,12H2,1H3,(H,22,23)/t16-,17-. The molecule has 2 fully saturated rings. The Labute approximate surface area is 144 Å².